The summed E-state index contributed by atoms with van der Waals surface area (Å²) >= 11 is 0. The monoisotopic (exact) mass is 340 g/mol. The fourth-order valence-electron chi connectivity index (χ4n) is 2.70. The predicted molar refractivity (Wildman–Crippen MR) is 101 cm³/mol. The molecule has 0 saturated heterocycles. The summed E-state index contributed by atoms with van der Waals surface area (Å²) < 4.78 is 0. The molecule has 2 N–H and O–H groups in total. The molecule has 0 aliphatic carbocycles. The molecule has 0 aliphatic heterocycles. The molecular weight excluding hydrogens is 312 g/mol. The van der Waals surface area contributed by atoms with E-state index in [1.807, 2.05) is 50.2 Å². The molecule has 4 nitrogen and oxygen atoms in total. The normalized spacial score (nSPS) is 12.7. The Morgan fingerprint density at radius 3 is 2.72 bits per heavy atom. The van der Waals surface area contributed by atoms with Gasteiger partial charge in [-0.3, -0.25) is 9.78 Å². The molecule has 1 amide bonds. The highest BCUT2D eigenvalue weighted by molar-refractivity contribution is 5.94. The molecule has 1 atom stereocenters. The van der Waals surface area contributed by atoms with E-state index in [0.29, 0.717) is 18.4 Å². The molecule has 0 bridgehead atoms. The lowest BCUT2D eigenvalue weighted by Gasteiger charge is -2.17. The third-order valence-electron chi connectivity index (χ3n) is 4.21. The van der Waals surface area contributed by atoms with Crippen molar-refractivity contribution >= 4 is 5.91 Å². The fourth-order valence-corrected chi connectivity index (χ4v) is 2.70. The highest BCUT2D eigenvalue weighted by atomic mass is 16.3. The number of nitrogens with zero attached hydrogens (tertiary/aromatic N) is 1. The van der Waals surface area contributed by atoms with E-state index in [1.54, 1.807) is 20.0 Å². The van der Waals surface area contributed by atoms with E-state index >= 15 is 0 Å². The maximum Gasteiger partial charge on any atom is 0.251 e. The number of hydrogen-bond donors (Lipinski definition) is 2. The number of carbonyl (C=O) groups is 1. The number of carbonyl (C=O) groups excluding carboxylic acids is 1. The number of pyridine rings is 1. The molecule has 0 saturated carbocycles. The number of hydrogen-bond acceptors (Lipinski definition) is 3. The van der Waals surface area contributed by atoms with Gasteiger partial charge in [0.15, 0.2) is 0 Å². The number of benzene rings is 1. The first kappa shape index (κ1) is 19.1. The van der Waals surface area contributed by atoms with Crippen LogP contribution in [0, 0.1) is 6.92 Å². The van der Waals surface area contributed by atoms with E-state index in [1.165, 1.54) is 0 Å². The summed E-state index contributed by atoms with van der Waals surface area (Å²) in [5, 5.41) is 12.9. The van der Waals surface area contributed by atoms with Crippen LogP contribution in [0.15, 0.2) is 42.6 Å². The van der Waals surface area contributed by atoms with Crippen molar-refractivity contribution in [2.24, 2.45) is 0 Å². The molecule has 1 aromatic heterocycles. The Balaban J connectivity index is 1.97. The van der Waals surface area contributed by atoms with Crippen molar-refractivity contribution in [3.8, 4) is 0 Å². The minimum absolute atomic E-state index is 0.00105. The van der Waals surface area contributed by atoms with Crippen LogP contribution in [0.4, 0.5) is 0 Å². The minimum atomic E-state index is -0.701. The van der Waals surface area contributed by atoms with Crippen molar-refractivity contribution in [2.75, 3.05) is 0 Å². The molecule has 1 aromatic carbocycles. The van der Waals surface area contributed by atoms with Crippen molar-refractivity contribution in [2.45, 2.75) is 58.6 Å². The molecule has 2 aromatic rings. The molecule has 0 radical (unpaired) electrons. The summed E-state index contributed by atoms with van der Waals surface area (Å²) in [6.45, 7) is 7.61. The maximum atomic E-state index is 12.5. The van der Waals surface area contributed by atoms with Gasteiger partial charge in [0.05, 0.1) is 5.60 Å². The number of aromatic nitrogens is 1. The molecule has 0 aliphatic rings. The van der Waals surface area contributed by atoms with Gasteiger partial charge in [0.2, 0.25) is 0 Å². The third kappa shape index (κ3) is 6.31. The largest absolute Gasteiger partial charge is 0.390 e. The molecule has 2 rings (SSSR count). The second kappa shape index (κ2) is 8.26. The molecule has 134 valence electrons. The van der Waals surface area contributed by atoms with Gasteiger partial charge in [0, 0.05) is 29.9 Å². The van der Waals surface area contributed by atoms with Crippen LogP contribution >= 0.6 is 0 Å². The van der Waals surface area contributed by atoms with Crippen molar-refractivity contribution in [3.63, 3.8) is 0 Å². The van der Waals surface area contributed by atoms with Crippen LogP contribution in [-0.2, 0) is 12.8 Å². The number of nitrogens with one attached hydrogen (secondary N) is 1. The first-order chi connectivity index (χ1) is 11.7. The summed E-state index contributed by atoms with van der Waals surface area (Å²) in [6, 6.07) is 11.6. The van der Waals surface area contributed by atoms with E-state index in [9.17, 15) is 9.90 Å². The van der Waals surface area contributed by atoms with Crippen LogP contribution in [-0.4, -0.2) is 27.6 Å². The van der Waals surface area contributed by atoms with Gasteiger partial charge in [-0.2, -0.15) is 0 Å². The maximum absolute atomic E-state index is 12.5. The standard InChI is InChI=1S/C21H28N2O2/c1-15-7-6-12-22-19(15)13-16(2)23-20(24)18-9-5-8-17(14-18)10-11-21(3,4)25/h5-9,12,14,16,25H,10-11,13H2,1-4H3,(H,23,24). The van der Waals surface area contributed by atoms with Gasteiger partial charge in [-0.1, -0.05) is 18.2 Å². The van der Waals surface area contributed by atoms with E-state index in [0.717, 1.165) is 23.2 Å². The first-order valence-electron chi connectivity index (χ1n) is 8.77. The van der Waals surface area contributed by atoms with Crippen LogP contribution in [0.3, 0.4) is 0 Å². The van der Waals surface area contributed by atoms with Crippen LogP contribution in [0.2, 0.25) is 0 Å². The Morgan fingerprint density at radius 1 is 1.28 bits per heavy atom. The van der Waals surface area contributed by atoms with E-state index in [2.05, 4.69) is 10.3 Å². The smallest absolute Gasteiger partial charge is 0.251 e. The van der Waals surface area contributed by atoms with Crippen molar-refractivity contribution in [3.05, 3.63) is 65.0 Å². The van der Waals surface area contributed by atoms with Gasteiger partial charge in [-0.05, 0) is 69.9 Å². The van der Waals surface area contributed by atoms with Gasteiger partial charge in [-0.25, -0.2) is 0 Å². The second-order valence-electron chi connectivity index (χ2n) is 7.36. The van der Waals surface area contributed by atoms with E-state index < -0.39 is 5.60 Å². The average molecular weight is 340 g/mol. The Hall–Kier alpha value is -2.20. The van der Waals surface area contributed by atoms with Crippen LogP contribution in [0.25, 0.3) is 0 Å². The van der Waals surface area contributed by atoms with Gasteiger partial charge in [0.25, 0.3) is 5.91 Å². The lowest BCUT2D eigenvalue weighted by atomic mass is 9.97. The Morgan fingerprint density at radius 2 is 2.04 bits per heavy atom. The molecular formula is C21H28N2O2. The Bertz CT molecular complexity index is 720. The van der Waals surface area contributed by atoms with Gasteiger partial charge in [0.1, 0.15) is 0 Å². The van der Waals surface area contributed by atoms with Crippen LogP contribution in [0.1, 0.15) is 54.4 Å². The van der Waals surface area contributed by atoms with Crippen LogP contribution < -0.4 is 5.32 Å². The molecule has 1 heterocycles. The quantitative estimate of drug-likeness (QED) is 0.811. The number of amides is 1. The molecule has 0 spiro atoms. The number of rotatable bonds is 7. The van der Waals surface area contributed by atoms with Gasteiger partial charge < -0.3 is 10.4 Å². The summed E-state index contributed by atoms with van der Waals surface area (Å²) in [5.74, 6) is -0.0776. The minimum Gasteiger partial charge on any atom is -0.390 e. The van der Waals surface area contributed by atoms with Crippen molar-refractivity contribution in [1.82, 2.24) is 10.3 Å². The Labute approximate surface area is 150 Å². The fraction of sp³-hybridized carbons (Fsp3) is 0.429. The summed E-state index contributed by atoms with van der Waals surface area (Å²) in [5.41, 5.74) is 3.15. The molecule has 25 heavy (non-hydrogen) atoms. The lowest BCUT2D eigenvalue weighted by Crippen LogP contribution is -2.34. The van der Waals surface area contributed by atoms with Crippen molar-refractivity contribution < 1.29 is 9.90 Å². The van der Waals surface area contributed by atoms with E-state index in [-0.39, 0.29) is 11.9 Å². The molecule has 4 heteroatoms. The summed E-state index contributed by atoms with van der Waals surface area (Å²) in [4.78, 5) is 16.9. The molecule has 0 fully saturated rings. The van der Waals surface area contributed by atoms with Gasteiger partial charge >= 0.3 is 0 Å². The zero-order chi connectivity index (χ0) is 18.4. The van der Waals surface area contributed by atoms with Crippen LogP contribution in [0.5, 0.6) is 0 Å². The Kier molecular flexibility index (Phi) is 6.32. The summed E-state index contributed by atoms with van der Waals surface area (Å²) in [6.07, 6.45) is 3.89. The van der Waals surface area contributed by atoms with Gasteiger partial charge in [-0.15, -0.1) is 0 Å². The lowest BCUT2D eigenvalue weighted by molar-refractivity contribution is 0.0714. The zero-order valence-corrected chi connectivity index (χ0v) is 15.5. The first-order valence-corrected chi connectivity index (χ1v) is 8.77. The second-order valence-corrected chi connectivity index (χ2v) is 7.36. The number of aryl methyl sites for hydroxylation is 2. The van der Waals surface area contributed by atoms with E-state index in [4.69, 9.17) is 0 Å². The topological polar surface area (TPSA) is 62.2 Å². The summed E-state index contributed by atoms with van der Waals surface area (Å²) in [7, 11) is 0. The highest BCUT2D eigenvalue weighted by Crippen LogP contribution is 2.15. The highest BCUT2D eigenvalue weighted by Gasteiger charge is 2.14. The third-order valence-corrected chi connectivity index (χ3v) is 4.21. The average Bonchev–Trinajstić information content (AvgIpc) is 2.55. The predicted octanol–water partition coefficient (Wildman–Crippen LogP) is 3.45. The molecule has 1 unspecified atom stereocenters. The number of aliphatic hydroxyl groups is 1. The SMILES string of the molecule is Cc1cccnc1CC(C)NC(=O)c1cccc(CCC(C)(C)O)c1. The van der Waals surface area contributed by atoms with Crippen molar-refractivity contribution in [1.29, 1.82) is 0 Å². The zero-order valence-electron chi connectivity index (χ0n) is 15.5.